The number of nitrogens with zero attached hydrogens (tertiary/aromatic N) is 3. The number of benzene rings is 1. The summed E-state index contributed by atoms with van der Waals surface area (Å²) in [5.74, 6) is 0.901. The summed E-state index contributed by atoms with van der Waals surface area (Å²) in [7, 11) is 0. The molecule has 1 unspecified atom stereocenters. The lowest BCUT2D eigenvalue weighted by molar-refractivity contribution is -0.122. The Morgan fingerprint density at radius 2 is 1.78 bits per heavy atom. The van der Waals surface area contributed by atoms with Crippen molar-refractivity contribution < 1.29 is 9.53 Å². The predicted molar refractivity (Wildman–Crippen MR) is 128 cm³/mol. The average Bonchev–Trinajstić information content (AvgIpc) is 3.27. The second-order valence-corrected chi connectivity index (χ2v) is 9.51. The highest BCUT2D eigenvalue weighted by atomic mass is 16.5. The predicted octanol–water partition coefficient (Wildman–Crippen LogP) is 5.52. The molecule has 0 saturated carbocycles. The zero-order valence-electron chi connectivity index (χ0n) is 20.2. The first kappa shape index (κ1) is 23.7. The molecule has 0 spiro atoms. The fourth-order valence-corrected chi connectivity index (χ4v) is 3.51. The molecule has 3 rings (SSSR count). The number of ether oxygens (including phenoxy) is 1. The molecule has 2 N–H and O–H groups in total. The third-order valence-corrected chi connectivity index (χ3v) is 6.65. The number of nitrogens with one attached hydrogen (secondary N) is 2. The van der Waals surface area contributed by atoms with Gasteiger partial charge in [0.15, 0.2) is 17.6 Å². The van der Waals surface area contributed by atoms with Gasteiger partial charge in [-0.3, -0.25) is 4.79 Å². The Kier molecular flexibility index (Phi) is 6.86. The van der Waals surface area contributed by atoms with Crippen LogP contribution in [-0.2, 0) is 15.6 Å². The van der Waals surface area contributed by atoms with E-state index in [9.17, 15) is 4.79 Å². The number of carbonyl (C=O) groups excluding carboxylic acids is 1. The number of hydrogen-bond donors (Lipinski definition) is 2. The maximum atomic E-state index is 13.1. The van der Waals surface area contributed by atoms with Crippen LogP contribution in [0.25, 0.3) is 11.2 Å². The lowest BCUT2D eigenvalue weighted by atomic mass is 9.76. The van der Waals surface area contributed by atoms with E-state index in [4.69, 9.17) is 4.74 Å². The summed E-state index contributed by atoms with van der Waals surface area (Å²) in [6.07, 6.45) is 4.79. The van der Waals surface area contributed by atoms with Gasteiger partial charge in [-0.05, 0) is 41.7 Å². The molecule has 1 atom stereocenters. The van der Waals surface area contributed by atoms with Crippen LogP contribution in [0, 0.1) is 0 Å². The normalized spacial score (nSPS) is 13.2. The van der Waals surface area contributed by atoms with Crippen LogP contribution >= 0.6 is 0 Å². The minimum absolute atomic E-state index is 0.0705. The first-order valence-corrected chi connectivity index (χ1v) is 11.4. The quantitative estimate of drug-likeness (QED) is 0.459. The van der Waals surface area contributed by atoms with Crippen molar-refractivity contribution in [3.63, 3.8) is 0 Å². The summed E-state index contributed by atoms with van der Waals surface area (Å²) in [6, 6.07) is 6.40. The number of aromatic nitrogens is 4. The van der Waals surface area contributed by atoms with Crippen LogP contribution in [0.15, 0.2) is 30.9 Å². The van der Waals surface area contributed by atoms with Crippen LogP contribution in [0.4, 0.5) is 5.82 Å². The summed E-state index contributed by atoms with van der Waals surface area (Å²) in [5.41, 5.74) is 3.49. The Balaban J connectivity index is 1.91. The number of aromatic amines is 1. The molecule has 0 aliphatic rings. The third kappa shape index (κ3) is 4.76. The zero-order chi connectivity index (χ0) is 23.5. The number of imidazole rings is 1. The van der Waals surface area contributed by atoms with E-state index in [1.807, 2.05) is 13.0 Å². The summed E-state index contributed by atoms with van der Waals surface area (Å²) in [5, 5.41) is 2.87. The second-order valence-electron chi connectivity index (χ2n) is 9.51. The van der Waals surface area contributed by atoms with E-state index in [-0.39, 0.29) is 16.7 Å². The summed E-state index contributed by atoms with van der Waals surface area (Å²) >= 11 is 0. The highest BCUT2D eigenvalue weighted by Crippen LogP contribution is 2.39. The SMILES string of the molecule is CCC(Oc1ccc(C(C)(C)CC)cc1C(C)(C)CC)C(=O)Nc1ncnc2nc[nH]c12. The lowest BCUT2D eigenvalue weighted by Gasteiger charge is -2.31. The van der Waals surface area contributed by atoms with Crippen LogP contribution in [0.5, 0.6) is 5.75 Å². The van der Waals surface area contributed by atoms with Gasteiger partial charge in [-0.2, -0.15) is 0 Å². The summed E-state index contributed by atoms with van der Waals surface area (Å²) in [6.45, 7) is 15.3. The van der Waals surface area contributed by atoms with Gasteiger partial charge in [-0.1, -0.05) is 60.6 Å². The molecule has 32 heavy (non-hydrogen) atoms. The smallest absolute Gasteiger partial charge is 0.266 e. The topological polar surface area (TPSA) is 92.8 Å². The first-order valence-electron chi connectivity index (χ1n) is 11.4. The van der Waals surface area contributed by atoms with Gasteiger partial charge in [0.2, 0.25) is 0 Å². The van der Waals surface area contributed by atoms with Crippen LogP contribution in [0.2, 0.25) is 0 Å². The van der Waals surface area contributed by atoms with Gasteiger partial charge < -0.3 is 15.0 Å². The van der Waals surface area contributed by atoms with Gasteiger partial charge in [-0.25, -0.2) is 15.0 Å². The molecule has 0 fully saturated rings. The van der Waals surface area contributed by atoms with Gasteiger partial charge in [0, 0.05) is 5.56 Å². The standard InChI is InChI=1S/C25H35N5O2/c1-8-18(23(31)30-22-20-21(27-14-26-20)28-15-29-22)32-19-12-11-16(24(4,5)9-2)13-17(19)25(6,7)10-3/h11-15,18H,8-10H2,1-7H3,(H2,26,27,28,29,30,31). The van der Waals surface area contributed by atoms with Crippen molar-refractivity contribution in [3.8, 4) is 5.75 Å². The van der Waals surface area contributed by atoms with Gasteiger partial charge in [0.05, 0.1) is 6.33 Å². The highest BCUT2D eigenvalue weighted by Gasteiger charge is 2.29. The fraction of sp³-hybridized carbons (Fsp3) is 0.520. The molecule has 0 aliphatic carbocycles. The molecule has 7 nitrogen and oxygen atoms in total. The molecule has 3 aromatic rings. The van der Waals surface area contributed by atoms with Crippen molar-refractivity contribution in [1.82, 2.24) is 19.9 Å². The second kappa shape index (κ2) is 9.27. The maximum absolute atomic E-state index is 13.1. The number of carbonyl (C=O) groups is 1. The molecular weight excluding hydrogens is 402 g/mol. The van der Waals surface area contributed by atoms with Gasteiger partial charge in [0.25, 0.3) is 5.91 Å². The van der Waals surface area contributed by atoms with Gasteiger partial charge in [0.1, 0.15) is 17.6 Å². The Labute approximate surface area is 190 Å². The van der Waals surface area contributed by atoms with Crippen molar-refractivity contribution in [2.45, 2.75) is 84.7 Å². The molecule has 7 heteroatoms. The third-order valence-electron chi connectivity index (χ3n) is 6.65. The molecule has 0 aliphatic heterocycles. The molecular formula is C25H35N5O2. The molecule has 0 bridgehead atoms. The van der Waals surface area contributed by atoms with Crippen molar-refractivity contribution >= 4 is 22.9 Å². The van der Waals surface area contributed by atoms with Gasteiger partial charge in [-0.15, -0.1) is 0 Å². The Bertz CT molecular complexity index is 1090. The number of H-pyrrole nitrogens is 1. The van der Waals surface area contributed by atoms with E-state index in [1.54, 1.807) is 0 Å². The van der Waals surface area contributed by atoms with Crippen LogP contribution in [0.3, 0.4) is 0 Å². The number of fused-ring (bicyclic) bond motifs is 1. The Morgan fingerprint density at radius 3 is 2.44 bits per heavy atom. The summed E-state index contributed by atoms with van der Waals surface area (Å²) < 4.78 is 6.33. The molecule has 1 aromatic carbocycles. The van der Waals surface area contributed by atoms with E-state index in [2.05, 4.69) is 78.9 Å². The Morgan fingerprint density at radius 1 is 1.06 bits per heavy atom. The van der Waals surface area contributed by atoms with Crippen molar-refractivity contribution in [3.05, 3.63) is 42.0 Å². The van der Waals surface area contributed by atoms with Crippen molar-refractivity contribution in [1.29, 1.82) is 0 Å². The highest BCUT2D eigenvalue weighted by molar-refractivity contribution is 5.99. The number of rotatable bonds is 9. The molecule has 2 aromatic heterocycles. The van der Waals surface area contributed by atoms with E-state index in [0.29, 0.717) is 23.4 Å². The van der Waals surface area contributed by atoms with E-state index in [0.717, 1.165) is 24.2 Å². The van der Waals surface area contributed by atoms with Crippen LogP contribution in [-0.4, -0.2) is 31.9 Å². The van der Waals surface area contributed by atoms with E-state index < -0.39 is 6.10 Å². The van der Waals surface area contributed by atoms with E-state index in [1.165, 1.54) is 18.2 Å². The minimum atomic E-state index is -0.653. The summed E-state index contributed by atoms with van der Waals surface area (Å²) in [4.78, 5) is 28.4. The average molecular weight is 438 g/mol. The number of amides is 1. The van der Waals surface area contributed by atoms with Gasteiger partial charge >= 0.3 is 0 Å². The number of anilines is 1. The van der Waals surface area contributed by atoms with E-state index >= 15 is 0 Å². The maximum Gasteiger partial charge on any atom is 0.266 e. The largest absolute Gasteiger partial charge is 0.480 e. The first-order chi connectivity index (χ1) is 15.1. The Hall–Kier alpha value is -2.96. The van der Waals surface area contributed by atoms with Crippen LogP contribution in [0.1, 0.15) is 78.9 Å². The lowest BCUT2D eigenvalue weighted by Crippen LogP contribution is -2.33. The molecule has 1 amide bonds. The molecule has 0 saturated heterocycles. The fourth-order valence-electron chi connectivity index (χ4n) is 3.51. The number of hydrogen-bond acceptors (Lipinski definition) is 5. The molecule has 0 radical (unpaired) electrons. The molecule has 2 heterocycles. The van der Waals surface area contributed by atoms with Crippen LogP contribution < -0.4 is 10.1 Å². The molecule has 172 valence electrons. The monoisotopic (exact) mass is 437 g/mol. The van der Waals surface area contributed by atoms with Crippen molar-refractivity contribution in [2.24, 2.45) is 0 Å². The van der Waals surface area contributed by atoms with Crippen molar-refractivity contribution in [2.75, 3.05) is 5.32 Å². The minimum Gasteiger partial charge on any atom is -0.480 e. The zero-order valence-corrected chi connectivity index (χ0v) is 20.2.